The topological polar surface area (TPSA) is 101 Å². The van der Waals surface area contributed by atoms with Crippen molar-refractivity contribution in [1.29, 1.82) is 0 Å². The Balaban J connectivity index is 1.78. The molecule has 1 amide bonds. The van der Waals surface area contributed by atoms with E-state index in [1.807, 2.05) is 24.9 Å². The van der Waals surface area contributed by atoms with Gasteiger partial charge in [-0.15, -0.1) is 0 Å². The first kappa shape index (κ1) is 29.1. The van der Waals surface area contributed by atoms with Gasteiger partial charge in [0, 0.05) is 37.0 Å². The average molecular weight is 554 g/mol. The first-order valence-corrected chi connectivity index (χ1v) is 13.1. The maximum atomic E-state index is 14.2. The van der Waals surface area contributed by atoms with Gasteiger partial charge in [0.15, 0.2) is 12.0 Å². The van der Waals surface area contributed by atoms with Crippen molar-refractivity contribution in [1.82, 2.24) is 14.8 Å². The summed E-state index contributed by atoms with van der Waals surface area (Å²) in [4.78, 5) is 41.3. The number of halogens is 2. The monoisotopic (exact) mass is 553 g/mol. The number of pyridine rings is 1. The number of aldehydes is 1. The Bertz CT molecular complexity index is 1440. The van der Waals surface area contributed by atoms with Gasteiger partial charge < -0.3 is 24.6 Å². The highest BCUT2D eigenvalue weighted by Gasteiger charge is 2.39. The van der Waals surface area contributed by atoms with E-state index in [4.69, 9.17) is 4.74 Å². The van der Waals surface area contributed by atoms with Gasteiger partial charge in [0.2, 0.25) is 5.43 Å². The van der Waals surface area contributed by atoms with E-state index >= 15 is 0 Å². The molecule has 4 rings (SSSR count). The number of nitrogens with one attached hydrogen (secondary N) is 1. The fourth-order valence-corrected chi connectivity index (χ4v) is 4.89. The maximum Gasteiger partial charge on any atom is 0.257 e. The fourth-order valence-electron chi connectivity index (χ4n) is 4.89. The Kier molecular flexibility index (Phi) is 8.80. The van der Waals surface area contributed by atoms with Crippen LogP contribution in [-0.2, 0) is 13.2 Å². The molecule has 1 aliphatic rings. The normalized spacial score (nSPS) is 21.4. The molecule has 10 heteroatoms. The SMILES string of the molecule is CC1CCC(C)(O)C(n2cc(C(=O)NCc3ccc(F)cc3F)c(=O)c(OCc3ccccc3)c2C=O)CN1C. The number of benzene rings is 2. The van der Waals surface area contributed by atoms with Gasteiger partial charge in [-0.25, -0.2) is 8.78 Å². The third kappa shape index (κ3) is 6.29. The van der Waals surface area contributed by atoms with Gasteiger partial charge in [-0.2, -0.15) is 0 Å². The third-order valence-electron chi connectivity index (χ3n) is 7.60. The largest absolute Gasteiger partial charge is 0.483 e. The summed E-state index contributed by atoms with van der Waals surface area (Å²) < 4.78 is 34.8. The molecule has 212 valence electrons. The second-order valence-corrected chi connectivity index (χ2v) is 10.5. The van der Waals surface area contributed by atoms with Crippen LogP contribution in [0.4, 0.5) is 8.78 Å². The van der Waals surface area contributed by atoms with E-state index in [1.165, 1.54) is 16.8 Å². The van der Waals surface area contributed by atoms with Crippen molar-refractivity contribution in [2.24, 2.45) is 0 Å². The summed E-state index contributed by atoms with van der Waals surface area (Å²) >= 11 is 0. The minimum Gasteiger partial charge on any atom is -0.483 e. The number of carbonyl (C=O) groups excluding carboxylic acids is 2. The van der Waals surface area contributed by atoms with Crippen LogP contribution < -0.4 is 15.5 Å². The van der Waals surface area contributed by atoms with Crippen LogP contribution >= 0.6 is 0 Å². The van der Waals surface area contributed by atoms with Crippen molar-refractivity contribution in [3.05, 3.63) is 99.0 Å². The molecule has 0 spiro atoms. The van der Waals surface area contributed by atoms with Gasteiger partial charge in [-0.1, -0.05) is 36.4 Å². The number of aromatic nitrogens is 1. The Hall–Kier alpha value is -3.89. The molecule has 0 saturated carbocycles. The molecule has 1 fully saturated rings. The first-order chi connectivity index (χ1) is 19.0. The molecule has 8 nitrogen and oxygen atoms in total. The van der Waals surface area contributed by atoms with Crippen LogP contribution in [0.3, 0.4) is 0 Å². The Morgan fingerprint density at radius 2 is 1.95 bits per heavy atom. The molecule has 0 radical (unpaired) electrons. The van der Waals surface area contributed by atoms with Crippen LogP contribution in [0, 0.1) is 11.6 Å². The van der Waals surface area contributed by atoms with E-state index in [-0.39, 0.29) is 41.8 Å². The van der Waals surface area contributed by atoms with E-state index in [0.29, 0.717) is 31.7 Å². The van der Waals surface area contributed by atoms with Gasteiger partial charge >= 0.3 is 0 Å². The predicted octanol–water partition coefficient (Wildman–Crippen LogP) is 3.85. The van der Waals surface area contributed by atoms with Crippen LogP contribution in [0.5, 0.6) is 5.75 Å². The fraction of sp³-hybridized carbons (Fsp3) is 0.367. The molecule has 3 unspecified atom stereocenters. The summed E-state index contributed by atoms with van der Waals surface area (Å²) in [5, 5.41) is 14.0. The zero-order chi connectivity index (χ0) is 29.0. The lowest BCUT2D eigenvalue weighted by Crippen LogP contribution is -2.43. The zero-order valence-electron chi connectivity index (χ0n) is 22.7. The number of rotatable bonds is 8. The van der Waals surface area contributed by atoms with Gasteiger partial charge in [0.25, 0.3) is 5.91 Å². The standard InChI is InChI=1S/C30H33F2N3O5/c1-19-11-12-30(2,39)26(16-34(19)3)35-15-23(29(38)33-14-21-9-10-22(31)13-24(21)32)27(37)28(25(35)17-36)40-18-20-7-5-4-6-8-20/h4-10,13,15,17,19,26,39H,11-12,14,16,18H2,1-3H3,(H,33,38). The number of hydrogen-bond acceptors (Lipinski definition) is 6. The molecule has 2 aromatic carbocycles. The average Bonchev–Trinajstić information content (AvgIpc) is 3.03. The van der Waals surface area contributed by atoms with Crippen molar-refractivity contribution in [2.45, 2.75) is 57.5 Å². The summed E-state index contributed by atoms with van der Waals surface area (Å²) in [6.45, 7) is 3.68. The molecular weight excluding hydrogens is 520 g/mol. The van der Waals surface area contributed by atoms with Gasteiger partial charge in [-0.05, 0) is 45.4 Å². The van der Waals surface area contributed by atoms with E-state index in [2.05, 4.69) is 5.32 Å². The molecule has 0 aliphatic carbocycles. The van der Waals surface area contributed by atoms with E-state index in [1.54, 1.807) is 31.2 Å². The summed E-state index contributed by atoms with van der Waals surface area (Å²) in [7, 11) is 1.90. The quantitative estimate of drug-likeness (QED) is 0.411. The summed E-state index contributed by atoms with van der Waals surface area (Å²) in [6, 6.07) is 11.4. The number of aliphatic hydroxyl groups is 1. The van der Waals surface area contributed by atoms with Crippen molar-refractivity contribution < 1.29 is 28.2 Å². The molecule has 1 aromatic heterocycles. The summed E-state index contributed by atoms with van der Waals surface area (Å²) in [6.07, 6.45) is 2.85. The lowest BCUT2D eigenvalue weighted by molar-refractivity contribution is -0.00213. The van der Waals surface area contributed by atoms with Gasteiger partial charge in [0.05, 0.1) is 11.6 Å². The highest BCUT2D eigenvalue weighted by Crippen LogP contribution is 2.35. The zero-order valence-corrected chi connectivity index (χ0v) is 22.7. The number of ether oxygens (including phenoxy) is 1. The number of nitrogens with zero attached hydrogens (tertiary/aromatic N) is 2. The number of hydrogen-bond donors (Lipinski definition) is 2. The molecule has 1 aliphatic heterocycles. The number of likely N-dealkylation sites (N-methyl/N-ethyl adjacent to an activating group) is 1. The second-order valence-electron chi connectivity index (χ2n) is 10.5. The maximum absolute atomic E-state index is 14.2. The predicted molar refractivity (Wildman–Crippen MR) is 145 cm³/mol. The highest BCUT2D eigenvalue weighted by molar-refractivity contribution is 5.95. The summed E-state index contributed by atoms with van der Waals surface area (Å²) in [5.41, 5.74) is -1.78. The van der Waals surface area contributed by atoms with Crippen LogP contribution in [0.15, 0.2) is 59.5 Å². The van der Waals surface area contributed by atoms with Crippen LogP contribution in [0.2, 0.25) is 0 Å². The van der Waals surface area contributed by atoms with Gasteiger partial charge in [0.1, 0.15) is 29.5 Å². The molecule has 3 atom stereocenters. The smallest absolute Gasteiger partial charge is 0.257 e. The van der Waals surface area contributed by atoms with Gasteiger partial charge in [-0.3, -0.25) is 14.4 Å². The van der Waals surface area contributed by atoms with Crippen LogP contribution in [0.1, 0.15) is 64.7 Å². The molecular formula is C30H33F2N3O5. The van der Waals surface area contributed by atoms with Crippen molar-refractivity contribution in [3.8, 4) is 5.75 Å². The molecule has 40 heavy (non-hydrogen) atoms. The van der Waals surface area contributed by atoms with Crippen molar-refractivity contribution in [3.63, 3.8) is 0 Å². The number of likely N-dealkylation sites (tertiary alicyclic amines) is 1. The van der Waals surface area contributed by atoms with E-state index < -0.39 is 34.6 Å². The number of carbonyl (C=O) groups is 2. The Labute approximate surface area is 231 Å². The van der Waals surface area contributed by atoms with Crippen LogP contribution in [-0.4, -0.2) is 52.0 Å². The van der Waals surface area contributed by atoms with Crippen molar-refractivity contribution in [2.75, 3.05) is 13.6 Å². The minimum atomic E-state index is -1.28. The lowest BCUT2D eigenvalue weighted by Gasteiger charge is -2.36. The first-order valence-electron chi connectivity index (χ1n) is 13.1. The summed E-state index contributed by atoms with van der Waals surface area (Å²) in [5.74, 6) is -2.75. The van der Waals surface area contributed by atoms with Crippen molar-refractivity contribution >= 4 is 12.2 Å². The molecule has 3 aromatic rings. The number of amides is 1. The molecule has 1 saturated heterocycles. The molecule has 2 heterocycles. The van der Waals surface area contributed by atoms with Crippen LogP contribution in [0.25, 0.3) is 0 Å². The second kappa shape index (κ2) is 12.1. The van der Waals surface area contributed by atoms with E-state index in [9.17, 15) is 28.3 Å². The lowest BCUT2D eigenvalue weighted by atomic mass is 9.91. The van der Waals surface area contributed by atoms with E-state index in [0.717, 1.165) is 11.6 Å². The molecule has 0 bridgehead atoms. The Morgan fingerprint density at radius 3 is 2.62 bits per heavy atom. The Morgan fingerprint density at radius 1 is 1.23 bits per heavy atom. The highest BCUT2D eigenvalue weighted by atomic mass is 19.1. The molecule has 2 N–H and O–H groups in total. The minimum absolute atomic E-state index is 0.0300. The third-order valence-corrected chi connectivity index (χ3v) is 7.60.